The van der Waals surface area contributed by atoms with Crippen LogP contribution >= 0.6 is 11.6 Å². The van der Waals surface area contributed by atoms with Crippen LogP contribution in [0.1, 0.15) is 21.5 Å². The van der Waals surface area contributed by atoms with Crippen molar-refractivity contribution in [2.24, 2.45) is 0 Å². The maximum absolute atomic E-state index is 12.5. The summed E-state index contributed by atoms with van der Waals surface area (Å²) in [5.41, 5.74) is 0.0461. The number of nitrogens with one attached hydrogen (secondary N) is 2. The maximum Gasteiger partial charge on any atom is 0.416 e. The van der Waals surface area contributed by atoms with Gasteiger partial charge in [-0.05, 0) is 29.8 Å². The molecular weight excluding hydrogens is 369 g/mol. The van der Waals surface area contributed by atoms with Crippen LogP contribution < -0.4 is 10.6 Å². The van der Waals surface area contributed by atoms with Gasteiger partial charge >= 0.3 is 6.18 Å². The maximum atomic E-state index is 12.5. The van der Waals surface area contributed by atoms with E-state index in [0.717, 1.165) is 12.1 Å². The lowest BCUT2D eigenvalue weighted by molar-refractivity contribution is -0.137. The molecule has 26 heavy (non-hydrogen) atoms. The van der Waals surface area contributed by atoms with Gasteiger partial charge in [0.2, 0.25) is 5.91 Å². The van der Waals surface area contributed by atoms with Crippen LogP contribution in [-0.4, -0.2) is 24.9 Å². The molecule has 0 aliphatic rings. The topological polar surface area (TPSA) is 58.2 Å². The van der Waals surface area contributed by atoms with Crippen molar-refractivity contribution in [3.8, 4) is 0 Å². The Kier molecular flexibility index (Phi) is 6.63. The summed E-state index contributed by atoms with van der Waals surface area (Å²) in [5.74, 6) is -0.704. The smallest absolute Gasteiger partial charge is 0.354 e. The summed E-state index contributed by atoms with van der Waals surface area (Å²) < 4.78 is 37.4. The predicted octanol–water partition coefficient (Wildman–Crippen LogP) is 3.45. The van der Waals surface area contributed by atoms with E-state index in [-0.39, 0.29) is 31.3 Å². The quantitative estimate of drug-likeness (QED) is 0.749. The van der Waals surface area contributed by atoms with Crippen molar-refractivity contribution < 1.29 is 22.8 Å². The molecule has 0 spiro atoms. The number of rotatable bonds is 6. The zero-order valence-corrected chi connectivity index (χ0v) is 14.3. The number of hydrogen-bond donors (Lipinski definition) is 2. The zero-order valence-electron chi connectivity index (χ0n) is 13.6. The SMILES string of the molecule is O=C(Cc1ccc(C(F)(F)F)cc1)NCCNC(=O)c1ccccc1Cl. The van der Waals surface area contributed by atoms with Gasteiger partial charge < -0.3 is 10.6 Å². The van der Waals surface area contributed by atoms with E-state index in [9.17, 15) is 22.8 Å². The third kappa shape index (κ3) is 5.77. The van der Waals surface area contributed by atoms with E-state index in [1.807, 2.05) is 0 Å². The first-order chi connectivity index (χ1) is 12.3. The average Bonchev–Trinajstić information content (AvgIpc) is 2.58. The second kappa shape index (κ2) is 8.71. The Balaban J connectivity index is 1.74. The minimum atomic E-state index is -4.40. The summed E-state index contributed by atoms with van der Waals surface area (Å²) in [4.78, 5) is 23.7. The van der Waals surface area contributed by atoms with Gasteiger partial charge in [-0.2, -0.15) is 13.2 Å². The van der Waals surface area contributed by atoms with Gasteiger partial charge in [0.05, 0.1) is 22.6 Å². The van der Waals surface area contributed by atoms with E-state index < -0.39 is 11.7 Å². The van der Waals surface area contributed by atoms with Crippen LogP contribution in [0.15, 0.2) is 48.5 Å². The summed E-state index contributed by atoms with van der Waals surface area (Å²) in [6, 6.07) is 11.0. The van der Waals surface area contributed by atoms with Crippen molar-refractivity contribution in [2.45, 2.75) is 12.6 Å². The van der Waals surface area contributed by atoms with Crippen LogP contribution in [0, 0.1) is 0 Å². The van der Waals surface area contributed by atoms with E-state index in [1.165, 1.54) is 12.1 Å². The molecule has 2 aromatic carbocycles. The van der Waals surface area contributed by atoms with Crippen molar-refractivity contribution >= 4 is 23.4 Å². The first-order valence-electron chi connectivity index (χ1n) is 7.73. The largest absolute Gasteiger partial charge is 0.416 e. The van der Waals surface area contributed by atoms with Crippen LogP contribution in [0.5, 0.6) is 0 Å². The molecule has 2 aromatic rings. The molecular formula is C18H16ClF3N2O2. The first-order valence-corrected chi connectivity index (χ1v) is 8.11. The molecule has 0 atom stereocenters. The number of hydrogen-bond acceptors (Lipinski definition) is 2. The van der Waals surface area contributed by atoms with Crippen molar-refractivity contribution in [1.82, 2.24) is 10.6 Å². The molecule has 2 amide bonds. The fraction of sp³-hybridized carbons (Fsp3) is 0.222. The van der Waals surface area contributed by atoms with E-state index >= 15 is 0 Å². The van der Waals surface area contributed by atoms with Gasteiger partial charge in [-0.25, -0.2) is 0 Å². The number of alkyl halides is 3. The molecule has 0 aliphatic carbocycles. The summed E-state index contributed by atoms with van der Waals surface area (Å²) in [6.45, 7) is 0.387. The Morgan fingerprint density at radius 1 is 0.923 bits per heavy atom. The van der Waals surface area contributed by atoms with Gasteiger partial charge in [0.25, 0.3) is 5.91 Å². The van der Waals surface area contributed by atoms with Gasteiger partial charge in [0.1, 0.15) is 0 Å². The second-order valence-electron chi connectivity index (χ2n) is 5.46. The summed E-state index contributed by atoms with van der Waals surface area (Å²) >= 11 is 5.91. The Morgan fingerprint density at radius 2 is 1.54 bits per heavy atom. The van der Waals surface area contributed by atoms with Crippen molar-refractivity contribution in [1.29, 1.82) is 0 Å². The second-order valence-corrected chi connectivity index (χ2v) is 5.86. The highest BCUT2D eigenvalue weighted by Crippen LogP contribution is 2.29. The normalized spacial score (nSPS) is 11.1. The monoisotopic (exact) mass is 384 g/mol. The molecule has 0 aliphatic heterocycles. The van der Waals surface area contributed by atoms with Crippen molar-refractivity contribution in [3.05, 3.63) is 70.2 Å². The molecule has 0 saturated carbocycles. The molecule has 2 rings (SSSR count). The number of carbonyl (C=O) groups excluding carboxylic acids is 2. The molecule has 0 unspecified atom stereocenters. The fourth-order valence-corrected chi connectivity index (χ4v) is 2.40. The van der Waals surface area contributed by atoms with Crippen LogP contribution in [0.25, 0.3) is 0 Å². The van der Waals surface area contributed by atoms with E-state index in [4.69, 9.17) is 11.6 Å². The highest BCUT2D eigenvalue weighted by Gasteiger charge is 2.29. The lowest BCUT2D eigenvalue weighted by Gasteiger charge is -2.09. The number of halogens is 4. The highest BCUT2D eigenvalue weighted by atomic mass is 35.5. The average molecular weight is 385 g/mol. The van der Waals surface area contributed by atoms with E-state index in [0.29, 0.717) is 16.1 Å². The molecule has 0 bridgehead atoms. The molecule has 8 heteroatoms. The molecule has 0 aromatic heterocycles. The first kappa shape index (κ1) is 19.8. The summed E-state index contributed by atoms with van der Waals surface area (Å²) in [6.07, 6.45) is -4.45. The minimum absolute atomic E-state index is 0.0450. The van der Waals surface area contributed by atoms with Gasteiger partial charge in [0, 0.05) is 13.1 Å². The number of carbonyl (C=O) groups is 2. The minimum Gasteiger partial charge on any atom is -0.354 e. The molecule has 138 valence electrons. The third-order valence-corrected chi connectivity index (χ3v) is 3.83. The Morgan fingerprint density at radius 3 is 2.15 bits per heavy atom. The molecule has 0 saturated heterocycles. The fourth-order valence-electron chi connectivity index (χ4n) is 2.18. The lowest BCUT2D eigenvalue weighted by Crippen LogP contribution is -2.35. The van der Waals surface area contributed by atoms with Gasteiger partial charge in [-0.1, -0.05) is 35.9 Å². The predicted molar refractivity (Wildman–Crippen MR) is 91.9 cm³/mol. The lowest BCUT2D eigenvalue weighted by atomic mass is 10.1. The molecule has 0 fully saturated rings. The van der Waals surface area contributed by atoms with Gasteiger partial charge in [-0.3, -0.25) is 9.59 Å². The highest BCUT2D eigenvalue weighted by molar-refractivity contribution is 6.33. The zero-order chi connectivity index (χ0) is 19.2. The Bertz CT molecular complexity index is 777. The van der Waals surface area contributed by atoms with Crippen LogP contribution in [0.4, 0.5) is 13.2 Å². The van der Waals surface area contributed by atoms with E-state index in [2.05, 4.69) is 10.6 Å². The standard InChI is InChI=1S/C18H16ClF3N2O2/c19-15-4-2-1-3-14(15)17(26)24-10-9-23-16(25)11-12-5-7-13(8-6-12)18(20,21)22/h1-8H,9-11H2,(H,23,25)(H,24,26). The van der Waals surface area contributed by atoms with Crippen LogP contribution in [0.3, 0.4) is 0 Å². The Hall–Kier alpha value is -2.54. The molecule has 0 heterocycles. The van der Waals surface area contributed by atoms with Crippen LogP contribution in [-0.2, 0) is 17.4 Å². The van der Waals surface area contributed by atoms with Crippen molar-refractivity contribution in [3.63, 3.8) is 0 Å². The van der Waals surface area contributed by atoms with Crippen molar-refractivity contribution in [2.75, 3.05) is 13.1 Å². The third-order valence-electron chi connectivity index (χ3n) is 3.50. The Labute approximate surface area is 153 Å². The van der Waals surface area contributed by atoms with Crippen LogP contribution in [0.2, 0.25) is 5.02 Å². The molecule has 0 radical (unpaired) electrons. The number of amides is 2. The van der Waals surface area contributed by atoms with Gasteiger partial charge in [0.15, 0.2) is 0 Å². The van der Waals surface area contributed by atoms with Gasteiger partial charge in [-0.15, -0.1) is 0 Å². The summed E-state index contributed by atoms with van der Waals surface area (Å²) in [7, 11) is 0. The molecule has 2 N–H and O–H groups in total. The van der Waals surface area contributed by atoms with E-state index in [1.54, 1.807) is 24.3 Å². The number of benzene rings is 2. The molecule has 4 nitrogen and oxygen atoms in total. The summed E-state index contributed by atoms with van der Waals surface area (Å²) in [5, 5.41) is 5.54.